The normalized spacial score (nSPS) is 9.47. The van der Waals surface area contributed by atoms with E-state index < -0.39 is 0 Å². The zero-order valence-electron chi connectivity index (χ0n) is 9.76. The second-order valence-corrected chi connectivity index (χ2v) is 4.54. The number of pyridine rings is 1. The van der Waals surface area contributed by atoms with Crippen LogP contribution >= 0.6 is 36.6 Å². The Labute approximate surface area is 127 Å². The van der Waals surface area contributed by atoms with Crippen LogP contribution < -0.4 is 0 Å². The first-order chi connectivity index (χ1) is 8.42. The summed E-state index contributed by atoms with van der Waals surface area (Å²) < 4.78 is 0. The van der Waals surface area contributed by atoms with Crippen molar-refractivity contribution in [2.24, 2.45) is 0 Å². The second-order valence-electron chi connectivity index (χ2n) is 3.50. The number of nitrogens with zero attached hydrogens (tertiary/aromatic N) is 3. The number of hydrogen-bond acceptors (Lipinski definition) is 4. The van der Waals surface area contributed by atoms with Crippen molar-refractivity contribution in [1.82, 2.24) is 15.0 Å². The maximum absolute atomic E-state index is 4.50. The van der Waals surface area contributed by atoms with Gasteiger partial charge in [-0.05, 0) is 30.0 Å². The predicted molar refractivity (Wildman–Crippen MR) is 82.4 cm³/mol. The molecule has 0 saturated heterocycles. The van der Waals surface area contributed by atoms with Gasteiger partial charge in [-0.1, -0.05) is 18.2 Å². The number of hydrogen-bond donors (Lipinski definition) is 0. The monoisotopic (exact) mass is 311 g/mol. The highest BCUT2D eigenvalue weighted by molar-refractivity contribution is 7.99. The Morgan fingerprint density at radius 3 is 2.42 bits per heavy atom. The van der Waals surface area contributed by atoms with Crippen molar-refractivity contribution in [3.63, 3.8) is 0 Å². The van der Waals surface area contributed by atoms with Gasteiger partial charge in [0.15, 0.2) is 5.16 Å². The summed E-state index contributed by atoms with van der Waals surface area (Å²) in [5.41, 5.74) is 0.971. The molecule has 0 radical (unpaired) electrons. The van der Waals surface area contributed by atoms with Crippen LogP contribution in [0.25, 0.3) is 10.9 Å². The quantitative estimate of drug-likeness (QED) is 0.670. The molecule has 2 heterocycles. The van der Waals surface area contributed by atoms with Gasteiger partial charge in [0, 0.05) is 28.9 Å². The molecular weight excluding hydrogens is 301 g/mol. The molecule has 0 N–H and O–H groups in total. The Morgan fingerprint density at radius 1 is 0.895 bits per heavy atom. The van der Waals surface area contributed by atoms with Crippen LogP contribution in [0.2, 0.25) is 0 Å². The van der Waals surface area contributed by atoms with Crippen molar-refractivity contribution in [3.05, 3.63) is 55.0 Å². The summed E-state index contributed by atoms with van der Waals surface area (Å²) in [6.07, 6.45) is 5.39. The fraction of sp³-hybridized carbons (Fsp3) is 0. The van der Waals surface area contributed by atoms with Gasteiger partial charge < -0.3 is 0 Å². The molecule has 19 heavy (non-hydrogen) atoms. The van der Waals surface area contributed by atoms with Crippen molar-refractivity contribution >= 4 is 47.5 Å². The zero-order valence-corrected chi connectivity index (χ0v) is 12.2. The van der Waals surface area contributed by atoms with E-state index in [-0.39, 0.29) is 24.8 Å². The second kappa shape index (κ2) is 7.28. The summed E-state index contributed by atoms with van der Waals surface area (Å²) in [5, 5.41) is 1.82. The van der Waals surface area contributed by atoms with Crippen LogP contribution in [0.15, 0.2) is 65.0 Å². The van der Waals surface area contributed by atoms with E-state index in [0.29, 0.717) is 0 Å². The minimum absolute atomic E-state index is 0. The van der Waals surface area contributed by atoms with Gasteiger partial charge in [0.2, 0.25) is 0 Å². The Hall–Kier alpha value is -1.36. The standard InChI is InChI=1S/C13H9N3S.2ClH/c1-2-4-12-10(3-1)9-15-13(16-12)17-11-5-7-14-8-6-11;;/h1-9H;2*1H. The Kier molecular flexibility index (Phi) is 6.02. The molecule has 2 aromatic heterocycles. The molecule has 0 unspecified atom stereocenters. The largest absolute Gasteiger partial charge is 0.265 e. The summed E-state index contributed by atoms with van der Waals surface area (Å²) in [6, 6.07) is 11.9. The van der Waals surface area contributed by atoms with E-state index in [4.69, 9.17) is 0 Å². The van der Waals surface area contributed by atoms with Gasteiger partial charge in [-0.3, -0.25) is 4.98 Å². The van der Waals surface area contributed by atoms with Gasteiger partial charge in [-0.2, -0.15) is 0 Å². The van der Waals surface area contributed by atoms with Crippen LogP contribution in [0.3, 0.4) is 0 Å². The summed E-state index contributed by atoms with van der Waals surface area (Å²) in [6.45, 7) is 0. The van der Waals surface area contributed by atoms with Gasteiger partial charge in [-0.25, -0.2) is 9.97 Å². The van der Waals surface area contributed by atoms with Crippen LogP contribution in [0, 0.1) is 0 Å². The van der Waals surface area contributed by atoms with Gasteiger partial charge in [-0.15, -0.1) is 24.8 Å². The Balaban J connectivity index is 0.000000902. The molecule has 0 fully saturated rings. The fourth-order valence-corrected chi connectivity index (χ4v) is 2.23. The van der Waals surface area contributed by atoms with E-state index in [1.54, 1.807) is 24.2 Å². The lowest BCUT2D eigenvalue weighted by Crippen LogP contribution is -1.87. The summed E-state index contributed by atoms with van der Waals surface area (Å²) in [5.74, 6) is 0. The number of aromatic nitrogens is 3. The van der Waals surface area contributed by atoms with Crippen LogP contribution in [-0.4, -0.2) is 15.0 Å². The van der Waals surface area contributed by atoms with E-state index in [2.05, 4.69) is 15.0 Å². The molecule has 3 rings (SSSR count). The zero-order chi connectivity index (χ0) is 11.5. The van der Waals surface area contributed by atoms with E-state index in [1.807, 2.05) is 42.6 Å². The molecule has 0 aliphatic heterocycles. The van der Waals surface area contributed by atoms with Crippen molar-refractivity contribution in [2.75, 3.05) is 0 Å². The lowest BCUT2D eigenvalue weighted by molar-refractivity contribution is 1.00. The number of para-hydroxylation sites is 1. The number of benzene rings is 1. The smallest absolute Gasteiger partial charge is 0.192 e. The first-order valence-electron chi connectivity index (χ1n) is 5.21. The summed E-state index contributed by atoms with van der Waals surface area (Å²) >= 11 is 1.54. The maximum atomic E-state index is 4.50. The highest BCUT2D eigenvalue weighted by atomic mass is 35.5. The number of fused-ring (bicyclic) bond motifs is 1. The van der Waals surface area contributed by atoms with Crippen molar-refractivity contribution < 1.29 is 0 Å². The maximum Gasteiger partial charge on any atom is 0.192 e. The molecule has 6 heteroatoms. The minimum atomic E-state index is 0. The molecule has 0 saturated carbocycles. The highest BCUT2D eigenvalue weighted by Crippen LogP contribution is 2.24. The molecule has 3 nitrogen and oxygen atoms in total. The van der Waals surface area contributed by atoms with Crippen LogP contribution in [0.1, 0.15) is 0 Å². The third-order valence-electron chi connectivity index (χ3n) is 2.33. The third-order valence-corrected chi connectivity index (χ3v) is 3.21. The average Bonchev–Trinajstić information content (AvgIpc) is 2.40. The Bertz CT molecular complexity index is 649. The number of rotatable bonds is 2. The lowest BCUT2D eigenvalue weighted by atomic mass is 10.2. The van der Waals surface area contributed by atoms with Gasteiger partial charge in [0.1, 0.15) is 0 Å². The molecule has 1 aromatic carbocycles. The van der Waals surface area contributed by atoms with Gasteiger partial charge in [0.25, 0.3) is 0 Å². The molecule has 98 valence electrons. The van der Waals surface area contributed by atoms with E-state index in [1.165, 1.54) is 0 Å². The summed E-state index contributed by atoms with van der Waals surface area (Å²) in [4.78, 5) is 13.9. The van der Waals surface area contributed by atoms with Crippen molar-refractivity contribution in [1.29, 1.82) is 0 Å². The number of halogens is 2. The van der Waals surface area contributed by atoms with E-state index >= 15 is 0 Å². The molecule has 0 aliphatic carbocycles. The van der Waals surface area contributed by atoms with Crippen LogP contribution in [0.5, 0.6) is 0 Å². The summed E-state index contributed by atoms with van der Waals surface area (Å²) in [7, 11) is 0. The van der Waals surface area contributed by atoms with Crippen LogP contribution in [-0.2, 0) is 0 Å². The van der Waals surface area contributed by atoms with Crippen molar-refractivity contribution in [2.45, 2.75) is 10.1 Å². The fourth-order valence-electron chi connectivity index (χ4n) is 1.52. The Morgan fingerprint density at radius 2 is 1.63 bits per heavy atom. The minimum Gasteiger partial charge on any atom is -0.265 e. The highest BCUT2D eigenvalue weighted by Gasteiger charge is 2.01. The van der Waals surface area contributed by atoms with Crippen LogP contribution in [0.4, 0.5) is 0 Å². The molecule has 3 aromatic rings. The van der Waals surface area contributed by atoms with Gasteiger partial charge >= 0.3 is 0 Å². The SMILES string of the molecule is Cl.Cl.c1ccc2nc(Sc3ccncc3)ncc2c1. The molecule has 0 atom stereocenters. The van der Waals surface area contributed by atoms with Gasteiger partial charge in [0.05, 0.1) is 5.52 Å². The topological polar surface area (TPSA) is 38.7 Å². The van der Waals surface area contributed by atoms with E-state index in [9.17, 15) is 0 Å². The molecule has 0 aliphatic rings. The third kappa shape index (κ3) is 3.80. The molecule has 0 spiro atoms. The average molecular weight is 312 g/mol. The predicted octanol–water partition coefficient (Wildman–Crippen LogP) is 4.02. The molecular formula is C13H11Cl2N3S. The first kappa shape index (κ1) is 15.7. The molecule has 0 bridgehead atoms. The van der Waals surface area contributed by atoms with E-state index in [0.717, 1.165) is 21.0 Å². The first-order valence-corrected chi connectivity index (χ1v) is 6.03. The lowest BCUT2D eigenvalue weighted by Gasteiger charge is -2.01. The van der Waals surface area contributed by atoms with Crippen molar-refractivity contribution in [3.8, 4) is 0 Å². The molecule has 0 amide bonds.